The molecule has 0 saturated carbocycles. The number of rotatable bonds is 6. The van der Waals surface area contributed by atoms with Crippen LogP contribution in [0.25, 0.3) is 11.4 Å². The number of thioether (sulfide) groups is 1. The number of carbonyl (C=O) groups is 2. The summed E-state index contributed by atoms with van der Waals surface area (Å²) in [5.41, 5.74) is 2.18. The Hall–Kier alpha value is -3.00. The van der Waals surface area contributed by atoms with Gasteiger partial charge in [0.05, 0.1) is 5.75 Å². The van der Waals surface area contributed by atoms with E-state index >= 15 is 0 Å². The van der Waals surface area contributed by atoms with Crippen LogP contribution < -0.4 is 4.90 Å². The zero-order valence-corrected chi connectivity index (χ0v) is 16.7. The molecule has 4 rings (SSSR count). The van der Waals surface area contributed by atoms with Gasteiger partial charge in [0.15, 0.2) is 16.8 Å². The first-order valence-corrected chi connectivity index (χ1v) is 10.2. The number of aromatic nitrogens is 3. The SMILES string of the molecule is Cn1c(SCC(=O)c2ccc(N3CCCC3=O)cc2)nnc1-c1ccc(F)cc1. The highest BCUT2D eigenvalue weighted by molar-refractivity contribution is 7.99. The van der Waals surface area contributed by atoms with Crippen LogP contribution in [0.3, 0.4) is 0 Å². The second kappa shape index (κ2) is 8.16. The summed E-state index contributed by atoms with van der Waals surface area (Å²) in [7, 11) is 1.81. The van der Waals surface area contributed by atoms with Crippen LogP contribution in [0.1, 0.15) is 23.2 Å². The Morgan fingerprint density at radius 1 is 1.10 bits per heavy atom. The molecule has 0 bridgehead atoms. The highest BCUT2D eigenvalue weighted by Crippen LogP contribution is 2.25. The van der Waals surface area contributed by atoms with Crippen LogP contribution in [0, 0.1) is 5.82 Å². The number of benzene rings is 2. The van der Waals surface area contributed by atoms with Gasteiger partial charge in [0.25, 0.3) is 0 Å². The number of nitrogens with zero attached hydrogens (tertiary/aromatic N) is 4. The molecular weight excluding hydrogens is 391 g/mol. The molecule has 2 heterocycles. The Kier molecular flexibility index (Phi) is 5.44. The third kappa shape index (κ3) is 4.07. The van der Waals surface area contributed by atoms with Gasteiger partial charge in [0.2, 0.25) is 5.91 Å². The summed E-state index contributed by atoms with van der Waals surface area (Å²) in [6.07, 6.45) is 1.45. The van der Waals surface area contributed by atoms with Crippen molar-refractivity contribution in [2.24, 2.45) is 7.05 Å². The van der Waals surface area contributed by atoms with Crippen LogP contribution in [0.15, 0.2) is 53.7 Å². The molecule has 0 radical (unpaired) electrons. The van der Waals surface area contributed by atoms with Crippen LogP contribution >= 0.6 is 11.8 Å². The molecule has 3 aromatic rings. The van der Waals surface area contributed by atoms with Crippen molar-refractivity contribution >= 4 is 29.1 Å². The Balaban J connectivity index is 1.41. The third-order valence-corrected chi connectivity index (χ3v) is 5.86. The first-order valence-electron chi connectivity index (χ1n) is 9.24. The summed E-state index contributed by atoms with van der Waals surface area (Å²) in [6.45, 7) is 0.727. The van der Waals surface area contributed by atoms with Crippen molar-refractivity contribution < 1.29 is 14.0 Å². The number of carbonyl (C=O) groups excluding carboxylic acids is 2. The standard InChI is InChI=1S/C21H19FN4O2S/c1-25-20(15-4-8-16(22)9-5-15)23-24-21(25)29-13-18(27)14-6-10-17(11-7-14)26-12-2-3-19(26)28/h4-11H,2-3,12-13H2,1H3. The summed E-state index contributed by atoms with van der Waals surface area (Å²) in [4.78, 5) is 26.1. The largest absolute Gasteiger partial charge is 0.312 e. The second-order valence-corrected chi connectivity index (χ2v) is 7.72. The topological polar surface area (TPSA) is 68.1 Å². The Bertz CT molecular complexity index is 1050. The molecular formula is C21H19FN4O2S. The molecule has 0 aliphatic carbocycles. The van der Waals surface area contributed by atoms with E-state index in [1.54, 1.807) is 33.7 Å². The summed E-state index contributed by atoms with van der Waals surface area (Å²) in [5, 5.41) is 8.90. The maximum atomic E-state index is 13.1. The van der Waals surface area contributed by atoms with Crippen molar-refractivity contribution in [3.8, 4) is 11.4 Å². The van der Waals surface area contributed by atoms with Gasteiger partial charge in [-0.15, -0.1) is 10.2 Å². The Morgan fingerprint density at radius 3 is 2.48 bits per heavy atom. The van der Waals surface area contributed by atoms with Crippen molar-refractivity contribution in [3.05, 3.63) is 59.9 Å². The molecule has 8 heteroatoms. The van der Waals surface area contributed by atoms with Gasteiger partial charge in [-0.1, -0.05) is 11.8 Å². The smallest absolute Gasteiger partial charge is 0.227 e. The van der Waals surface area contributed by atoms with E-state index in [9.17, 15) is 14.0 Å². The van der Waals surface area contributed by atoms with Gasteiger partial charge in [0, 0.05) is 36.8 Å². The minimum atomic E-state index is -0.309. The van der Waals surface area contributed by atoms with Crippen LogP contribution in [-0.2, 0) is 11.8 Å². The molecule has 0 unspecified atom stereocenters. The minimum Gasteiger partial charge on any atom is -0.312 e. The van der Waals surface area contributed by atoms with Gasteiger partial charge in [-0.2, -0.15) is 0 Å². The second-order valence-electron chi connectivity index (χ2n) is 6.78. The molecule has 0 atom stereocenters. The lowest BCUT2D eigenvalue weighted by molar-refractivity contribution is -0.117. The van der Waals surface area contributed by atoms with Crippen molar-refractivity contribution in [1.29, 1.82) is 0 Å². The Morgan fingerprint density at radius 2 is 1.83 bits per heavy atom. The molecule has 6 nitrogen and oxygen atoms in total. The number of hydrogen-bond donors (Lipinski definition) is 0. The molecule has 148 valence electrons. The average molecular weight is 410 g/mol. The summed E-state index contributed by atoms with van der Waals surface area (Å²) >= 11 is 1.30. The maximum Gasteiger partial charge on any atom is 0.227 e. The fourth-order valence-corrected chi connectivity index (χ4v) is 4.06. The van der Waals surface area contributed by atoms with Crippen LogP contribution in [0.5, 0.6) is 0 Å². The number of Topliss-reactive ketones (excluding diaryl/α,β-unsaturated/α-hetero) is 1. The highest BCUT2D eigenvalue weighted by atomic mass is 32.2. The number of anilines is 1. The normalized spacial score (nSPS) is 13.9. The molecule has 29 heavy (non-hydrogen) atoms. The molecule has 1 aromatic heterocycles. The van der Waals surface area contributed by atoms with Gasteiger partial charge < -0.3 is 9.47 Å². The van der Waals surface area contributed by atoms with E-state index in [0.717, 1.165) is 24.2 Å². The van der Waals surface area contributed by atoms with Crippen molar-refractivity contribution in [1.82, 2.24) is 14.8 Å². The van der Waals surface area contributed by atoms with E-state index < -0.39 is 0 Å². The Labute approximate surface area is 171 Å². The first kappa shape index (κ1) is 19.3. The quantitative estimate of drug-likeness (QED) is 0.458. The van der Waals surface area contributed by atoms with Gasteiger partial charge in [-0.05, 0) is 55.0 Å². The monoisotopic (exact) mass is 410 g/mol. The van der Waals surface area contributed by atoms with E-state index in [-0.39, 0.29) is 23.3 Å². The average Bonchev–Trinajstić information content (AvgIpc) is 3.32. The molecule has 1 fully saturated rings. The summed E-state index contributed by atoms with van der Waals surface area (Å²) < 4.78 is 14.9. The van der Waals surface area contributed by atoms with E-state index in [4.69, 9.17) is 0 Å². The zero-order chi connectivity index (χ0) is 20.4. The van der Waals surface area contributed by atoms with Crippen molar-refractivity contribution in [3.63, 3.8) is 0 Å². The highest BCUT2D eigenvalue weighted by Gasteiger charge is 2.22. The molecule has 0 N–H and O–H groups in total. The van der Waals surface area contributed by atoms with Crippen molar-refractivity contribution in [2.45, 2.75) is 18.0 Å². The lowest BCUT2D eigenvalue weighted by Crippen LogP contribution is -2.23. The number of amides is 1. The van der Waals surface area contributed by atoms with Gasteiger partial charge in [-0.25, -0.2) is 4.39 Å². The molecule has 1 aliphatic rings. The molecule has 1 aliphatic heterocycles. The maximum absolute atomic E-state index is 13.1. The number of hydrogen-bond acceptors (Lipinski definition) is 5. The fourth-order valence-electron chi connectivity index (χ4n) is 3.25. The van der Waals surface area contributed by atoms with Crippen LogP contribution in [0.4, 0.5) is 10.1 Å². The molecule has 2 aromatic carbocycles. The lowest BCUT2D eigenvalue weighted by Gasteiger charge is -2.15. The van der Waals surface area contributed by atoms with E-state index in [0.29, 0.717) is 23.0 Å². The van der Waals surface area contributed by atoms with Gasteiger partial charge in [-0.3, -0.25) is 9.59 Å². The van der Waals surface area contributed by atoms with E-state index in [1.807, 2.05) is 19.2 Å². The van der Waals surface area contributed by atoms with E-state index in [2.05, 4.69) is 10.2 Å². The third-order valence-electron chi connectivity index (χ3n) is 4.84. The van der Waals surface area contributed by atoms with E-state index in [1.165, 1.54) is 23.9 Å². The zero-order valence-electron chi connectivity index (χ0n) is 15.8. The number of ketones is 1. The van der Waals surface area contributed by atoms with Gasteiger partial charge in [0.1, 0.15) is 5.82 Å². The molecule has 0 spiro atoms. The van der Waals surface area contributed by atoms with Crippen molar-refractivity contribution in [2.75, 3.05) is 17.2 Å². The summed E-state index contributed by atoms with van der Waals surface area (Å²) in [5.74, 6) is 0.618. The first-order chi connectivity index (χ1) is 14.0. The minimum absolute atomic E-state index is 0.0272. The summed E-state index contributed by atoms with van der Waals surface area (Å²) in [6, 6.07) is 13.2. The fraction of sp³-hybridized carbons (Fsp3) is 0.238. The predicted octanol–water partition coefficient (Wildman–Crippen LogP) is 3.72. The predicted molar refractivity (Wildman–Crippen MR) is 109 cm³/mol. The van der Waals surface area contributed by atoms with Crippen LogP contribution in [-0.4, -0.2) is 38.8 Å². The molecule has 1 saturated heterocycles. The lowest BCUT2D eigenvalue weighted by atomic mass is 10.1. The molecule has 1 amide bonds. The van der Waals surface area contributed by atoms with Crippen LogP contribution in [0.2, 0.25) is 0 Å². The number of halogens is 1. The van der Waals surface area contributed by atoms with Gasteiger partial charge >= 0.3 is 0 Å².